The van der Waals surface area contributed by atoms with Crippen molar-refractivity contribution in [3.8, 4) is 6.07 Å². The molecule has 0 unspecified atom stereocenters. The third-order valence-electron chi connectivity index (χ3n) is 4.92. The van der Waals surface area contributed by atoms with Crippen molar-refractivity contribution in [3.63, 3.8) is 0 Å². The van der Waals surface area contributed by atoms with Crippen LogP contribution < -0.4 is 10.2 Å². The molecular weight excluding hydrogens is 334 g/mol. The molecule has 1 saturated heterocycles. The van der Waals surface area contributed by atoms with Crippen molar-refractivity contribution < 1.29 is 19.1 Å². The zero-order valence-electron chi connectivity index (χ0n) is 14.7. The molecule has 1 N–H and O–H groups in total. The van der Waals surface area contributed by atoms with E-state index in [1.165, 1.54) is 0 Å². The number of ether oxygens (including phenoxy) is 2. The molecule has 2 fully saturated rings. The molecule has 7 nitrogen and oxygen atoms in total. The first-order valence-corrected chi connectivity index (χ1v) is 8.94. The monoisotopic (exact) mass is 357 g/mol. The van der Waals surface area contributed by atoms with Crippen molar-refractivity contribution in [2.24, 2.45) is 5.41 Å². The topological polar surface area (TPSA) is 91.7 Å². The molecule has 0 aromatic heterocycles. The lowest BCUT2D eigenvalue weighted by Crippen LogP contribution is -2.36. The van der Waals surface area contributed by atoms with Gasteiger partial charge >= 0.3 is 5.97 Å². The summed E-state index contributed by atoms with van der Waals surface area (Å²) in [6.45, 7) is 2.75. The first-order chi connectivity index (χ1) is 12.6. The van der Waals surface area contributed by atoms with Crippen molar-refractivity contribution in [1.29, 1.82) is 5.26 Å². The molecule has 2 aliphatic rings. The standard InChI is InChI=1S/C19H23N3O4/c20-14-19(7-1-2-8-19)18(24)26-13-17(23)21-15-3-5-16(6-4-15)22-9-11-25-12-10-22/h3-6H,1-2,7-13H2,(H,21,23). The van der Waals surface area contributed by atoms with Crippen LogP contribution in [-0.4, -0.2) is 44.8 Å². The molecule has 1 aliphatic heterocycles. The largest absolute Gasteiger partial charge is 0.454 e. The number of hydrogen-bond donors (Lipinski definition) is 1. The van der Waals surface area contributed by atoms with E-state index in [4.69, 9.17) is 9.47 Å². The Bertz CT molecular complexity index is 684. The van der Waals surface area contributed by atoms with Crippen LogP contribution in [0.3, 0.4) is 0 Å². The van der Waals surface area contributed by atoms with Crippen molar-refractivity contribution in [3.05, 3.63) is 24.3 Å². The fraction of sp³-hybridized carbons (Fsp3) is 0.526. The van der Waals surface area contributed by atoms with E-state index < -0.39 is 17.3 Å². The fourth-order valence-electron chi connectivity index (χ4n) is 3.38. The number of morpholine rings is 1. The number of amides is 1. The van der Waals surface area contributed by atoms with Crippen molar-refractivity contribution >= 4 is 23.3 Å². The van der Waals surface area contributed by atoms with Crippen LogP contribution in [0, 0.1) is 16.7 Å². The van der Waals surface area contributed by atoms with Gasteiger partial charge in [0.25, 0.3) is 5.91 Å². The number of hydrogen-bond acceptors (Lipinski definition) is 6. The zero-order valence-corrected chi connectivity index (χ0v) is 14.7. The first-order valence-electron chi connectivity index (χ1n) is 8.94. The minimum absolute atomic E-state index is 0.381. The summed E-state index contributed by atoms with van der Waals surface area (Å²) in [5, 5.41) is 12.0. The van der Waals surface area contributed by atoms with E-state index in [0.29, 0.717) is 31.7 Å². The van der Waals surface area contributed by atoms with Gasteiger partial charge in [0.2, 0.25) is 0 Å². The second kappa shape index (κ2) is 8.19. The molecule has 1 aromatic carbocycles. The molecule has 0 atom stereocenters. The molecule has 3 rings (SSSR count). The number of benzene rings is 1. The average molecular weight is 357 g/mol. The van der Waals surface area contributed by atoms with Crippen molar-refractivity contribution in [2.45, 2.75) is 25.7 Å². The number of nitrogens with one attached hydrogen (secondary N) is 1. The summed E-state index contributed by atoms with van der Waals surface area (Å²) in [7, 11) is 0. The normalized spacial score (nSPS) is 18.8. The van der Waals surface area contributed by atoms with Crippen LogP contribution in [0.1, 0.15) is 25.7 Å². The average Bonchev–Trinajstić information content (AvgIpc) is 3.18. The summed E-state index contributed by atoms with van der Waals surface area (Å²) >= 11 is 0. The second-order valence-electron chi connectivity index (χ2n) is 6.67. The zero-order chi connectivity index (χ0) is 18.4. The highest BCUT2D eigenvalue weighted by atomic mass is 16.5. The third kappa shape index (κ3) is 4.14. The quantitative estimate of drug-likeness (QED) is 0.812. The Morgan fingerprint density at radius 2 is 1.85 bits per heavy atom. The second-order valence-corrected chi connectivity index (χ2v) is 6.67. The summed E-state index contributed by atoms with van der Waals surface area (Å²) in [5.41, 5.74) is 0.647. The van der Waals surface area contributed by atoms with Crippen LogP contribution in [0.15, 0.2) is 24.3 Å². The van der Waals surface area contributed by atoms with Gasteiger partial charge in [-0.1, -0.05) is 12.8 Å². The number of nitriles is 1. The lowest BCUT2D eigenvalue weighted by atomic mass is 9.88. The molecule has 1 aromatic rings. The van der Waals surface area contributed by atoms with Gasteiger partial charge < -0.3 is 19.7 Å². The van der Waals surface area contributed by atoms with Crippen LogP contribution in [0.25, 0.3) is 0 Å². The number of carbonyl (C=O) groups is 2. The van der Waals surface area contributed by atoms with Gasteiger partial charge in [-0.15, -0.1) is 0 Å². The molecule has 0 radical (unpaired) electrons. The Kier molecular flexibility index (Phi) is 5.74. The molecule has 1 saturated carbocycles. The van der Waals surface area contributed by atoms with Crippen LogP contribution in [0.4, 0.5) is 11.4 Å². The molecule has 1 heterocycles. The van der Waals surface area contributed by atoms with Gasteiger partial charge in [-0.05, 0) is 37.1 Å². The Morgan fingerprint density at radius 3 is 2.46 bits per heavy atom. The Balaban J connectivity index is 1.49. The molecule has 1 aliphatic carbocycles. The van der Waals surface area contributed by atoms with Gasteiger partial charge in [0.05, 0.1) is 19.3 Å². The van der Waals surface area contributed by atoms with Crippen LogP contribution >= 0.6 is 0 Å². The Labute approximate surface area is 152 Å². The number of nitrogens with zero attached hydrogens (tertiary/aromatic N) is 2. The minimum Gasteiger partial charge on any atom is -0.454 e. The van der Waals surface area contributed by atoms with E-state index in [-0.39, 0.29) is 6.61 Å². The van der Waals surface area contributed by atoms with Crippen molar-refractivity contribution in [2.75, 3.05) is 43.1 Å². The van der Waals surface area contributed by atoms with E-state index in [2.05, 4.69) is 16.3 Å². The summed E-state index contributed by atoms with van der Waals surface area (Å²) in [6, 6.07) is 9.58. The molecule has 1 amide bonds. The maximum absolute atomic E-state index is 12.1. The summed E-state index contributed by atoms with van der Waals surface area (Å²) in [5.74, 6) is -1.00. The smallest absolute Gasteiger partial charge is 0.326 e. The van der Waals surface area contributed by atoms with Gasteiger partial charge in [0.15, 0.2) is 12.0 Å². The van der Waals surface area contributed by atoms with E-state index in [1.807, 2.05) is 24.3 Å². The number of rotatable bonds is 5. The first kappa shape index (κ1) is 18.2. The van der Waals surface area contributed by atoms with Gasteiger partial charge in [0.1, 0.15) is 0 Å². The Morgan fingerprint density at radius 1 is 1.19 bits per heavy atom. The van der Waals surface area contributed by atoms with E-state index in [9.17, 15) is 14.9 Å². The molecule has 0 spiro atoms. The van der Waals surface area contributed by atoms with Crippen LogP contribution in [-0.2, 0) is 19.1 Å². The van der Waals surface area contributed by atoms with Gasteiger partial charge in [-0.25, -0.2) is 0 Å². The van der Waals surface area contributed by atoms with E-state index >= 15 is 0 Å². The highest BCUT2D eigenvalue weighted by molar-refractivity contribution is 5.93. The maximum Gasteiger partial charge on any atom is 0.326 e. The lowest BCUT2D eigenvalue weighted by molar-refractivity contribution is -0.154. The van der Waals surface area contributed by atoms with Gasteiger partial charge in [-0.2, -0.15) is 5.26 Å². The Hall–Kier alpha value is -2.59. The van der Waals surface area contributed by atoms with Gasteiger partial charge in [-0.3, -0.25) is 9.59 Å². The number of esters is 1. The van der Waals surface area contributed by atoms with Crippen molar-refractivity contribution in [1.82, 2.24) is 0 Å². The van der Waals surface area contributed by atoms with Crippen LogP contribution in [0.2, 0.25) is 0 Å². The number of anilines is 2. The fourth-order valence-corrected chi connectivity index (χ4v) is 3.38. The molecule has 7 heteroatoms. The summed E-state index contributed by atoms with van der Waals surface area (Å²) in [6.07, 6.45) is 2.69. The SMILES string of the molecule is N#CC1(C(=O)OCC(=O)Nc2ccc(N3CCOCC3)cc2)CCCC1. The summed E-state index contributed by atoms with van der Waals surface area (Å²) in [4.78, 5) is 26.4. The van der Waals surface area contributed by atoms with Crippen LogP contribution in [0.5, 0.6) is 0 Å². The predicted octanol–water partition coefficient (Wildman–Crippen LogP) is 2.09. The highest BCUT2D eigenvalue weighted by Crippen LogP contribution is 2.38. The molecular formula is C19H23N3O4. The maximum atomic E-state index is 12.1. The molecule has 26 heavy (non-hydrogen) atoms. The summed E-state index contributed by atoms with van der Waals surface area (Å²) < 4.78 is 10.4. The highest BCUT2D eigenvalue weighted by Gasteiger charge is 2.43. The lowest BCUT2D eigenvalue weighted by Gasteiger charge is -2.28. The third-order valence-corrected chi connectivity index (χ3v) is 4.92. The predicted molar refractivity (Wildman–Crippen MR) is 95.6 cm³/mol. The van der Waals surface area contributed by atoms with Gasteiger partial charge in [0, 0.05) is 24.5 Å². The minimum atomic E-state index is -1.07. The van der Waals surface area contributed by atoms with E-state index in [0.717, 1.165) is 31.6 Å². The van der Waals surface area contributed by atoms with E-state index in [1.54, 1.807) is 0 Å². The number of carbonyl (C=O) groups excluding carboxylic acids is 2. The molecule has 138 valence electrons. The molecule has 0 bridgehead atoms.